The van der Waals surface area contributed by atoms with E-state index in [0.29, 0.717) is 0 Å². The van der Waals surface area contributed by atoms with Gasteiger partial charge in [0.05, 0.1) is 11.0 Å². The number of nitrogens with zero attached hydrogens (tertiary/aromatic N) is 3. The molecule has 0 amide bonds. The largest absolute Gasteiger partial charge is 0.354 e. The summed E-state index contributed by atoms with van der Waals surface area (Å²) in [5, 5.41) is 11.3. The molecule has 0 spiro atoms. The van der Waals surface area contributed by atoms with Crippen LogP contribution in [0.2, 0.25) is 0 Å². The molecule has 148 valence electrons. The molecule has 0 radical (unpaired) electrons. The van der Waals surface area contributed by atoms with Gasteiger partial charge in [-0.05, 0) is 55.3 Å². The van der Waals surface area contributed by atoms with E-state index in [4.69, 9.17) is 0 Å². The van der Waals surface area contributed by atoms with E-state index in [1.165, 1.54) is 12.1 Å². The van der Waals surface area contributed by atoms with Crippen LogP contribution in [0, 0.1) is 11.6 Å². The number of fused-ring (bicyclic) bond motifs is 6. The van der Waals surface area contributed by atoms with E-state index in [9.17, 15) is 8.78 Å². The fraction of sp³-hybridized carbons (Fsp3) is 0.130. The molecule has 6 aromatic rings. The molecule has 0 atom stereocenters. The van der Waals surface area contributed by atoms with Gasteiger partial charge in [0.25, 0.3) is 0 Å². The first-order chi connectivity index (χ1) is 14.7. The van der Waals surface area contributed by atoms with E-state index in [0.717, 1.165) is 68.6 Å². The number of hydrogen-bond donors (Lipinski definition) is 2. The number of halogens is 2. The summed E-state index contributed by atoms with van der Waals surface area (Å²) < 4.78 is 29.9. The molecule has 0 saturated carbocycles. The molecule has 0 aliphatic carbocycles. The predicted octanol–water partition coefficient (Wildman–Crippen LogP) is 5.46. The third-order valence-corrected chi connectivity index (χ3v) is 5.80. The SMILES string of the molecule is Fc1ccc2[nH]c3c(CCCn4cnnc4)c4[nH]c5ccc(F)cc5c4cc3c2c1. The lowest BCUT2D eigenvalue weighted by Gasteiger charge is -2.07. The van der Waals surface area contributed by atoms with Gasteiger partial charge in [0.15, 0.2) is 0 Å². The fourth-order valence-corrected chi connectivity index (χ4v) is 4.44. The lowest BCUT2D eigenvalue weighted by molar-refractivity contribution is 0.629. The third kappa shape index (κ3) is 2.58. The number of hydrogen-bond acceptors (Lipinski definition) is 2. The van der Waals surface area contributed by atoms with E-state index in [1.54, 1.807) is 36.9 Å². The smallest absolute Gasteiger partial charge is 0.123 e. The second-order valence-electron chi connectivity index (χ2n) is 7.63. The minimum Gasteiger partial charge on any atom is -0.354 e. The van der Waals surface area contributed by atoms with Gasteiger partial charge in [0.2, 0.25) is 0 Å². The maximum absolute atomic E-state index is 14.0. The standard InChI is InChI=1S/C23H17F2N5/c24-13-3-5-20-16(8-13)18-10-19-17-9-14(25)4-6-21(17)29-23(19)15(22(18)28-20)2-1-7-30-11-26-27-12-30/h3-6,8-12,28-29H,1-2,7H2. The molecule has 0 aliphatic rings. The van der Waals surface area contributed by atoms with Crippen LogP contribution in [0.1, 0.15) is 12.0 Å². The van der Waals surface area contributed by atoms with Crippen LogP contribution in [-0.2, 0) is 13.0 Å². The monoisotopic (exact) mass is 401 g/mol. The molecule has 0 aliphatic heterocycles. The normalized spacial score (nSPS) is 12.1. The average molecular weight is 401 g/mol. The molecule has 6 rings (SSSR count). The molecule has 0 bridgehead atoms. The van der Waals surface area contributed by atoms with Crippen LogP contribution in [0.25, 0.3) is 43.6 Å². The highest BCUT2D eigenvalue weighted by Gasteiger charge is 2.17. The molecule has 0 fully saturated rings. The first-order valence-corrected chi connectivity index (χ1v) is 9.83. The first kappa shape index (κ1) is 17.1. The summed E-state index contributed by atoms with van der Waals surface area (Å²) in [6, 6.07) is 11.6. The van der Waals surface area contributed by atoms with Gasteiger partial charge in [-0.15, -0.1) is 10.2 Å². The summed E-state index contributed by atoms with van der Waals surface area (Å²) in [5.41, 5.74) is 4.85. The zero-order valence-corrected chi connectivity index (χ0v) is 15.9. The topological polar surface area (TPSA) is 62.3 Å². The molecule has 3 aromatic heterocycles. The third-order valence-electron chi connectivity index (χ3n) is 5.80. The Labute approximate surface area is 169 Å². The molecule has 30 heavy (non-hydrogen) atoms. The summed E-state index contributed by atoms with van der Waals surface area (Å²) in [5.74, 6) is -0.551. The van der Waals surface area contributed by atoms with E-state index in [-0.39, 0.29) is 11.6 Å². The molecule has 5 nitrogen and oxygen atoms in total. The summed E-state index contributed by atoms with van der Waals surface area (Å²) in [6.45, 7) is 0.786. The van der Waals surface area contributed by atoms with Crippen LogP contribution in [0.15, 0.2) is 55.1 Å². The quantitative estimate of drug-likeness (QED) is 0.412. The van der Waals surface area contributed by atoms with Crippen molar-refractivity contribution in [2.45, 2.75) is 19.4 Å². The van der Waals surface area contributed by atoms with Crippen LogP contribution < -0.4 is 0 Å². The van der Waals surface area contributed by atoms with Gasteiger partial charge in [-0.1, -0.05) is 0 Å². The van der Waals surface area contributed by atoms with E-state index in [2.05, 4.69) is 20.2 Å². The van der Waals surface area contributed by atoms with Gasteiger partial charge in [-0.2, -0.15) is 0 Å². The highest BCUT2D eigenvalue weighted by atomic mass is 19.1. The van der Waals surface area contributed by atoms with Gasteiger partial charge in [-0.25, -0.2) is 8.78 Å². The Morgan fingerprint density at radius 3 is 1.87 bits per heavy atom. The molecule has 2 N–H and O–H groups in total. The van der Waals surface area contributed by atoms with Gasteiger partial charge < -0.3 is 14.5 Å². The second-order valence-corrected chi connectivity index (χ2v) is 7.63. The highest BCUT2D eigenvalue weighted by molar-refractivity contribution is 6.19. The van der Waals surface area contributed by atoms with Crippen molar-refractivity contribution in [2.24, 2.45) is 0 Å². The lowest BCUT2D eigenvalue weighted by atomic mass is 10.00. The van der Waals surface area contributed by atoms with Gasteiger partial charge >= 0.3 is 0 Å². The van der Waals surface area contributed by atoms with Crippen molar-refractivity contribution >= 4 is 43.6 Å². The van der Waals surface area contributed by atoms with Crippen molar-refractivity contribution in [1.29, 1.82) is 0 Å². The van der Waals surface area contributed by atoms with Gasteiger partial charge in [0.1, 0.15) is 24.3 Å². The number of benzene rings is 3. The molecular weight excluding hydrogens is 384 g/mol. The summed E-state index contributed by atoms with van der Waals surface area (Å²) >= 11 is 0. The molecule has 7 heteroatoms. The van der Waals surface area contributed by atoms with Crippen molar-refractivity contribution < 1.29 is 8.78 Å². The van der Waals surface area contributed by atoms with Crippen molar-refractivity contribution in [2.75, 3.05) is 0 Å². The van der Waals surface area contributed by atoms with E-state index >= 15 is 0 Å². The van der Waals surface area contributed by atoms with Crippen LogP contribution in [0.5, 0.6) is 0 Å². The second kappa shape index (κ2) is 6.38. The number of aryl methyl sites for hydroxylation is 2. The Bertz CT molecular complexity index is 1450. The maximum Gasteiger partial charge on any atom is 0.123 e. The maximum atomic E-state index is 14.0. The Morgan fingerprint density at radius 2 is 1.30 bits per heavy atom. The lowest BCUT2D eigenvalue weighted by Crippen LogP contribution is -1.98. The zero-order valence-electron chi connectivity index (χ0n) is 15.9. The predicted molar refractivity (Wildman–Crippen MR) is 113 cm³/mol. The number of nitrogens with one attached hydrogen (secondary N) is 2. The molecule has 0 saturated heterocycles. The van der Waals surface area contributed by atoms with Crippen molar-refractivity contribution in [3.8, 4) is 0 Å². The highest BCUT2D eigenvalue weighted by Crippen LogP contribution is 2.37. The van der Waals surface area contributed by atoms with E-state index < -0.39 is 0 Å². The zero-order chi connectivity index (χ0) is 20.2. The first-order valence-electron chi connectivity index (χ1n) is 9.83. The van der Waals surface area contributed by atoms with Crippen LogP contribution >= 0.6 is 0 Å². The molecule has 0 unspecified atom stereocenters. The molecule has 3 aromatic carbocycles. The van der Waals surface area contributed by atoms with Crippen LogP contribution in [-0.4, -0.2) is 24.7 Å². The van der Waals surface area contributed by atoms with E-state index in [1.807, 2.05) is 10.6 Å². The summed E-state index contributed by atoms with van der Waals surface area (Å²) in [4.78, 5) is 6.95. The Balaban J connectivity index is 1.61. The number of aromatic amines is 2. The summed E-state index contributed by atoms with van der Waals surface area (Å²) in [7, 11) is 0. The van der Waals surface area contributed by atoms with Crippen LogP contribution in [0.4, 0.5) is 8.78 Å². The molecule has 3 heterocycles. The minimum atomic E-state index is -0.275. The number of aromatic nitrogens is 5. The van der Waals surface area contributed by atoms with Crippen molar-refractivity contribution in [3.05, 3.63) is 72.3 Å². The minimum absolute atomic E-state index is 0.275. The van der Waals surface area contributed by atoms with Crippen molar-refractivity contribution in [1.82, 2.24) is 24.7 Å². The number of rotatable bonds is 4. The Hall–Kier alpha value is -3.74. The molecular formula is C23H17F2N5. The Morgan fingerprint density at radius 1 is 0.733 bits per heavy atom. The van der Waals surface area contributed by atoms with Gasteiger partial charge in [-0.3, -0.25) is 0 Å². The summed E-state index contributed by atoms with van der Waals surface area (Å²) in [6.07, 6.45) is 5.07. The van der Waals surface area contributed by atoms with Crippen molar-refractivity contribution in [3.63, 3.8) is 0 Å². The fourth-order valence-electron chi connectivity index (χ4n) is 4.44. The Kier molecular flexibility index (Phi) is 3.65. The average Bonchev–Trinajstić information content (AvgIpc) is 3.45. The number of H-pyrrole nitrogens is 2. The van der Waals surface area contributed by atoms with Gasteiger partial charge in [0, 0.05) is 44.7 Å². The van der Waals surface area contributed by atoms with Crippen LogP contribution in [0.3, 0.4) is 0 Å².